The first kappa shape index (κ1) is 47.3. The highest BCUT2D eigenvalue weighted by molar-refractivity contribution is 6.17. The van der Waals surface area contributed by atoms with Crippen LogP contribution in [-0.4, -0.2) is 57.6 Å². The molecule has 0 saturated heterocycles. The number of ether oxygens (including phenoxy) is 2. The summed E-state index contributed by atoms with van der Waals surface area (Å²) in [5.41, 5.74) is 10.6. The number of amides is 2. The average Bonchev–Trinajstić information content (AvgIpc) is 3.85. The number of carbonyl (C=O) groups is 2. The Morgan fingerprint density at radius 2 is 1.26 bits per heavy atom. The Hall–Kier alpha value is -7.20. The van der Waals surface area contributed by atoms with E-state index >= 15 is 0 Å². The zero-order valence-corrected chi connectivity index (χ0v) is 38.6. The summed E-state index contributed by atoms with van der Waals surface area (Å²) < 4.78 is 11.2. The van der Waals surface area contributed by atoms with Crippen LogP contribution in [0.1, 0.15) is 71.6 Å². The molecule has 2 amide bonds. The summed E-state index contributed by atoms with van der Waals surface area (Å²) in [5.74, 6) is 1.39. The largest absolute Gasteiger partial charge is 0.504 e. The van der Waals surface area contributed by atoms with Gasteiger partial charge < -0.3 is 34.8 Å². The third-order valence-corrected chi connectivity index (χ3v) is 13.0. The van der Waals surface area contributed by atoms with Gasteiger partial charge >= 0.3 is 0 Å². The number of fused-ring (bicyclic) bond motifs is 8. The van der Waals surface area contributed by atoms with Gasteiger partial charge in [0.15, 0.2) is 11.5 Å². The highest BCUT2D eigenvalue weighted by atomic mass is 35.5. The molecule has 4 aliphatic heterocycles. The molecule has 4 heterocycles. The normalized spacial score (nSPS) is 16.1. The van der Waals surface area contributed by atoms with Crippen LogP contribution >= 0.6 is 23.2 Å². The highest BCUT2D eigenvalue weighted by Crippen LogP contribution is 2.41. The summed E-state index contributed by atoms with van der Waals surface area (Å²) in [4.78, 5) is 51.0. The maximum absolute atomic E-state index is 13.5. The molecule has 4 aliphatic rings. The number of nitro groups is 2. The lowest BCUT2D eigenvalue weighted by molar-refractivity contribution is -0.385. The molecule has 0 radical (unpaired) electrons. The predicted octanol–water partition coefficient (Wildman–Crippen LogP) is 9.96. The molecule has 0 aromatic heterocycles. The molecule has 17 heteroatoms. The summed E-state index contributed by atoms with van der Waals surface area (Å²) >= 11 is 11.4. The van der Waals surface area contributed by atoms with Gasteiger partial charge in [-0.15, -0.1) is 23.2 Å². The second-order valence-electron chi connectivity index (χ2n) is 16.8. The summed E-state index contributed by atoms with van der Waals surface area (Å²) in [6, 6.07) is 32.6. The number of nitrogens with one attached hydrogen (secondary N) is 1. The van der Waals surface area contributed by atoms with Crippen molar-refractivity contribution < 1.29 is 39.1 Å². The van der Waals surface area contributed by atoms with Crippen molar-refractivity contribution in [2.75, 3.05) is 28.8 Å². The number of halogens is 2. The molecule has 10 rings (SSSR count). The van der Waals surface area contributed by atoms with Crippen molar-refractivity contribution in [1.82, 2.24) is 0 Å². The van der Waals surface area contributed by atoms with Gasteiger partial charge in [-0.1, -0.05) is 48.5 Å². The number of aliphatic hydroxyl groups is 1. The Kier molecular flexibility index (Phi) is 14.2. The Morgan fingerprint density at radius 3 is 1.87 bits per heavy atom. The Balaban J connectivity index is 0.000000153. The fourth-order valence-electron chi connectivity index (χ4n) is 9.21. The van der Waals surface area contributed by atoms with Gasteiger partial charge in [-0.25, -0.2) is 0 Å². The Bertz CT molecular complexity index is 2930. The molecule has 3 N–H and O–H groups in total. The van der Waals surface area contributed by atoms with Crippen LogP contribution in [0.3, 0.4) is 0 Å². The number of nitrogens with zero attached hydrogens (tertiary/aromatic N) is 4. The fourth-order valence-corrected chi connectivity index (χ4v) is 9.52. The quantitative estimate of drug-likeness (QED) is 0.0708. The lowest BCUT2D eigenvalue weighted by Crippen LogP contribution is -2.39. The number of benzene rings is 6. The predicted molar refractivity (Wildman–Crippen MR) is 260 cm³/mol. The molecule has 15 nitrogen and oxygen atoms in total. The lowest BCUT2D eigenvalue weighted by atomic mass is 9.98. The lowest BCUT2D eigenvalue weighted by Gasteiger charge is -2.23. The van der Waals surface area contributed by atoms with E-state index in [1.165, 1.54) is 42.5 Å². The number of aromatic hydroxyl groups is 1. The summed E-state index contributed by atoms with van der Waals surface area (Å²) in [7, 11) is 1.48. The number of phenols is 1. The number of nitro benzene ring substituents is 2. The second-order valence-corrected chi connectivity index (χ2v) is 17.4. The van der Waals surface area contributed by atoms with Crippen LogP contribution in [0, 0.1) is 27.2 Å². The van der Waals surface area contributed by atoms with Crippen molar-refractivity contribution in [2.45, 2.75) is 69.7 Å². The van der Waals surface area contributed by atoms with Gasteiger partial charge in [-0.3, -0.25) is 29.8 Å². The van der Waals surface area contributed by atoms with E-state index in [1.54, 1.807) is 18.2 Å². The zero-order chi connectivity index (χ0) is 48.2. The van der Waals surface area contributed by atoms with Crippen molar-refractivity contribution in [2.24, 2.45) is 0 Å². The van der Waals surface area contributed by atoms with Crippen LogP contribution in [0.15, 0.2) is 109 Å². The summed E-state index contributed by atoms with van der Waals surface area (Å²) in [6.45, 7) is 2.53. The maximum atomic E-state index is 13.5. The Morgan fingerprint density at radius 1 is 0.706 bits per heavy atom. The topological polar surface area (TPSA) is 198 Å². The van der Waals surface area contributed by atoms with Crippen molar-refractivity contribution in [3.05, 3.63) is 185 Å². The first-order chi connectivity index (χ1) is 32.8. The highest BCUT2D eigenvalue weighted by Gasteiger charge is 2.39. The third kappa shape index (κ3) is 9.77. The number of para-hydroxylation sites is 2. The van der Waals surface area contributed by atoms with E-state index in [-0.39, 0.29) is 66.0 Å². The van der Waals surface area contributed by atoms with E-state index in [4.69, 9.17) is 37.8 Å². The van der Waals surface area contributed by atoms with E-state index in [0.717, 1.165) is 53.7 Å². The van der Waals surface area contributed by atoms with Gasteiger partial charge in [0.2, 0.25) is 0 Å². The molecule has 2 atom stereocenters. The standard InChI is InChI=1S/C26H23ClN2O4.C17H16N2O3.C8H8ClNO3/c1-16-8-23-19(6-7-21-12-20-4-2-3-5-24(20)28(21)26(23)30)13-25(16)33-15-18-9-17(14-27)10-22(11-18)29(31)32;1-22-16-7-12-13(8-15(16)20)18-9-11-6-10-4-2-3-5-14(10)19(11)17(12)21;9-4-6-1-7(5-11)3-8(2-6)10(12)13/h2-5,8-11,13,21H,6-7,12,14-15H2,1H3;2-5,7-8,11,18,20H,6,9H2,1H3;1-3,11H,4-5H2/t21-;11-;/m00./s1. The minimum atomic E-state index is -0.505. The number of methoxy groups -OCH3 is 1. The number of carbonyl (C=O) groups excluding carboxylic acids is 2. The molecule has 0 bridgehead atoms. The zero-order valence-electron chi connectivity index (χ0n) is 37.1. The smallest absolute Gasteiger partial charge is 0.270 e. The second kappa shape index (κ2) is 20.3. The van der Waals surface area contributed by atoms with Crippen LogP contribution in [0.5, 0.6) is 17.2 Å². The molecular formula is C51H47Cl2N5O10. The molecule has 0 spiro atoms. The van der Waals surface area contributed by atoms with E-state index in [0.29, 0.717) is 51.5 Å². The first-order valence-corrected chi connectivity index (χ1v) is 22.9. The van der Waals surface area contributed by atoms with Crippen molar-refractivity contribution in [1.29, 1.82) is 0 Å². The number of hydrogen-bond donors (Lipinski definition) is 3. The minimum Gasteiger partial charge on any atom is -0.504 e. The van der Waals surface area contributed by atoms with E-state index in [1.807, 2.05) is 71.3 Å². The van der Waals surface area contributed by atoms with Gasteiger partial charge in [0.1, 0.15) is 12.4 Å². The molecule has 0 aliphatic carbocycles. The monoisotopic (exact) mass is 959 g/mol. The SMILES string of the molecule is COc1cc2c(cc1O)NC[C@@H]1Cc3ccccc3N1C2=O.Cc1cc2c(cc1OCc1cc(CCl)cc([N+](=O)[O-])c1)CC[C@H]1Cc3ccccc3N1C2=O.O=[N+]([O-])c1cc(CO)cc(CCl)c1. The van der Waals surface area contributed by atoms with Gasteiger partial charge in [-0.2, -0.15) is 0 Å². The van der Waals surface area contributed by atoms with E-state index < -0.39 is 9.85 Å². The van der Waals surface area contributed by atoms with E-state index in [9.17, 15) is 34.9 Å². The van der Waals surface area contributed by atoms with Crippen LogP contribution in [0.4, 0.5) is 28.4 Å². The molecule has 0 unspecified atom stereocenters. The molecular weight excluding hydrogens is 913 g/mol. The first-order valence-electron chi connectivity index (χ1n) is 21.8. The molecule has 350 valence electrons. The number of alkyl halides is 2. The van der Waals surface area contributed by atoms with Gasteiger partial charge in [0.25, 0.3) is 23.2 Å². The van der Waals surface area contributed by atoms with Crippen molar-refractivity contribution >= 4 is 63.5 Å². The Labute approximate surface area is 401 Å². The molecule has 0 fully saturated rings. The van der Waals surface area contributed by atoms with Crippen LogP contribution in [0.25, 0.3) is 0 Å². The average molecular weight is 961 g/mol. The molecule has 6 aromatic carbocycles. The minimum absolute atomic E-state index is 0.00290. The molecule has 0 saturated carbocycles. The van der Waals surface area contributed by atoms with Gasteiger partial charge in [-0.05, 0) is 107 Å². The van der Waals surface area contributed by atoms with Gasteiger partial charge in [0.05, 0.1) is 40.9 Å². The fraction of sp³-hybridized carbons (Fsp3) is 0.255. The number of phenolic OH excluding ortho intramolecular Hbond substituents is 1. The number of non-ortho nitro benzene ring substituents is 2. The maximum Gasteiger partial charge on any atom is 0.270 e. The summed E-state index contributed by atoms with van der Waals surface area (Å²) in [5, 5.41) is 43.6. The van der Waals surface area contributed by atoms with Crippen LogP contribution in [-0.2, 0) is 44.2 Å². The van der Waals surface area contributed by atoms with Crippen LogP contribution in [0.2, 0.25) is 0 Å². The van der Waals surface area contributed by atoms with Gasteiger partial charge in [0, 0.05) is 71.6 Å². The van der Waals surface area contributed by atoms with Crippen molar-refractivity contribution in [3.63, 3.8) is 0 Å². The van der Waals surface area contributed by atoms with Crippen molar-refractivity contribution in [3.8, 4) is 17.2 Å². The number of anilines is 3. The third-order valence-electron chi connectivity index (χ3n) is 12.4. The number of hydrogen-bond acceptors (Lipinski definition) is 11. The summed E-state index contributed by atoms with van der Waals surface area (Å²) in [6.07, 6.45) is 3.40. The number of rotatable bonds is 9. The van der Waals surface area contributed by atoms with Crippen LogP contribution < -0.4 is 24.6 Å². The molecule has 6 aromatic rings. The molecule has 68 heavy (non-hydrogen) atoms. The van der Waals surface area contributed by atoms with E-state index in [2.05, 4.69) is 17.4 Å². The number of aryl methyl sites for hydroxylation is 2. The number of aliphatic hydroxyl groups excluding tert-OH is 1.